The van der Waals surface area contributed by atoms with E-state index in [-0.39, 0.29) is 35.9 Å². The van der Waals surface area contributed by atoms with Crippen molar-refractivity contribution < 1.29 is 18.7 Å². The fraction of sp³-hybridized carbons (Fsp3) is 0.870. The van der Waals surface area contributed by atoms with Gasteiger partial charge in [-0.2, -0.15) is 0 Å². The summed E-state index contributed by atoms with van der Waals surface area (Å²) in [6.45, 7) is 2.63. The van der Waals surface area contributed by atoms with E-state index in [0.717, 1.165) is 44.9 Å². The summed E-state index contributed by atoms with van der Waals surface area (Å²) in [6, 6.07) is 0. The van der Waals surface area contributed by atoms with E-state index in [1.807, 2.05) is 0 Å². The normalized spacial score (nSPS) is 45.6. The van der Waals surface area contributed by atoms with Gasteiger partial charge < -0.3 is 5.11 Å². The molecule has 0 radical (unpaired) electrons. The van der Waals surface area contributed by atoms with Gasteiger partial charge in [0.2, 0.25) is 0 Å². The van der Waals surface area contributed by atoms with Crippen LogP contribution in [0.1, 0.15) is 64.7 Å². The number of aromatic nitrogens is 3. The van der Waals surface area contributed by atoms with Crippen molar-refractivity contribution in [1.29, 1.82) is 0 Å². The van der Waals surface area contributed by atoms with Crippen LogP contribution in [0.4, 0.5) is 8.78 Å². The first-order valence-corrected chi connectivity index (χ1v) is 11.7. The van der Waals surface area contributed by atoms with Crippen LogP contribution < -0.4 is 0 Å². The van der Waals surface area contributed by atoms with E-state index in [9.17, 15) is 18.7 Å². The number of ketones is 1. The predicted molar refractivity (Wildman–Crippen MR) is 107 cm³/mol. The molecule has 5 nitrogen and oxygen atoms in total. The lowest BCUT2D eigenvalue weighted by atomic mass is 9.49. The maximum atomic E-state index is 13.4. The molecule has 7 heteroatoms. The van der Waals surface area contributed by atoms with Crippen molar-refractivity contribution >= 4 is 5.78 Å². The molecule has 5 rings (SSSR count). The Hall–Kier alpha value is -1.37. The van der Waals surface area contributed by atoms with Crippen molar-refractivity contribution in [2.45, 2.75) is 83.3 Å². The number of halogens is 2. The van der Waals surface area contributed by atoms with Crippen LogP contribution in [-0.4, -0.2) is 37.9 Å². The lowest BCUT2D eigenvalue weighted by Gasteiger charge is -2.57. The molecule has 3 unspecified atom stereocenters. The smallest absolute Gasteiger partial charge is 0.266 e. The average Bonchev–Trinajstić information content (AvgIpc) is 3.34. The standard InChI is InChI=1S/C23H33F2N3O2/c1-22-8-6-16-15-7-9-23(30,21(24)25)12-14(15)2-3-17(16)18(22)4-5-19(22)20(29)13-28-11-10-26-27-28/h10-11,14-19,21,30H,2-9,12-13H2,1H3/t14-,15-,16?,17?,18?,19+,22-,23+/m0/s1. The Morgan fingerprint density at radius 1 is 1.13 bits per heavy atom. The molecule has 30 heavy (non-hydrogen) atoms. The number of carbonyl (C=O) groups is 1. The van der Waals surface area contributed by atoms with E-state index >= 15 is 0 Å². The topological polar surface area (TPSA) is 68.0 Å². The van der Waals surface area contributed by atoms with Crippen LogP contribution in [0.3, 0.4) is 0 Å². The summed E-state index contributed by atoms with van der Waals surface area (Å²) in [6.07, 6.45) is 8.15. The van der Waals surface area contributed by atoms with Crippen LogP contribution in [-0.2, 0) is 11.3 Å². The summed E-state index contributed by atoms with van der Waals surface area (Å²) in [5.74, 6) is 2.79. The van der Waals surface area contributed by atoms with Gasteiger partial charge in [-0.15, -0.1) is 5.10 Å². The quantitative estimate of drug-likeness (QED) is 0.794. The van der Waals surface area contributed by atoms with Crippen molar-refractivity contribution in [1.82, 2.24) is 15.0 Å². The first-order chi connectivity index (χ1) is 14.3. The zero-order valence-electron chi connectivity index (χ0n) is 17.7. The Morgan fingerprint density at radius 3 is 2.67 bits per heavy atom. The number of nitrogens with zero attached hydrogens (tertiary/aromatic N) is 3. The average molecular weight is 422 g/mol. The molecular formula is C23H33F2N3O2. The zero-order valence-corrected chi connectivity index (χ0v) is 17.7. The van der Waals surface area contributed by atoms with Crippen molar-refractivity contribution in [3.05, 3.63) is 12.4 Å². The number of rotatable bonds is 4. The highest BCUT2D eigenvalue weighted by Crippen LogP contribution is 2.64. The highest BCUT2D eigenvalue weighted by atomic mass is 19.3. The third-order valence-corrected chi connectivity index (χ3v) is 9.63. The maximum Gasteiger partial charge on any atom is 0.266 e. The highest BCUT2D eigenvalue weighted by Gasteiger charge is 2.59. The minimum absolute atomic E-state index is 0.0457. The molecule has 1 heterocycles. The predicted octanol–water partition coefficient (Wildman–Crippen LogP) is 4.11. The second-order valence-corrected chi connectivity index (χ2v) is 10.8. The first kappa shape index (κ1) is 20.5. The Bertz CT molecular complexity index is 787. The first-order valence-electron chi connectivity index (χ1n) is 11.7. The molecular weight excluding hydrogens is 388 g/mol. The van der Waals surface area contributed by atoms with Crippen molar-refractivity contribution in [2.24, 2.45) is 40.9 Å². The van der Waals surface area contributed by atoms with Crippen LogP contribution in [0.5, 0.6) is 0 Å². The summed E-state index contributed by atoms with van der Waals surface area (Å²) in [5.41, 5.74) is -1.73. The van der Waals surface area contributed by atoms with Crippen LogP contribution in [0.25, 0.3) is 0 Å². The molecule has 4 aliphatic rings. The third kappa shape index (κ3) is 3.14. The van der Waals surface area contributed by atoms with Gasteiger partial charge in [0.1, 0.15) is 12.1 Å². The van der Waals surface area contributed by atoms with E-state index in [1.54, 1.807) is 17.1 Å². The number of fused-ring (bicyclic) bond motifs is 5. The Labute approximate surface area is 176 Å². The molecule has 0 aliphatic heterocycles. The summed E-state index contributed by atoms with van der Waals surface area (Å²) < 4.78 is 28.4. The van der Waals surface area contributed by atoms with Gasteiger partial charge in [-0.1, -0.05) is 12.1 Å². The number of hydrogen-bond acceptors (Lipinski definition) is 4. The second-order valence-electron chi connectivity index (χ2n) is 10.8. The highest BCUT2D eigenvalue weighted by molar-refractivity contribution is 5.82. The van der Waals surface area contributed by atoms with Gasteiger partial charge in [0.25, 0.3) is 6.43 Å². The zero-order chi connectivity index (χ0) is 21.1. The van der Waals surface area contributed by atoms with Crippen molar-refractivity contribution in [3.63, 3.8) is 0 Å². The molecule has 0 aromatic carbocycles. The Morgan fingerprint density at radius 2 is 1.93 bits per heavy atom. The van der Waals surface area contributed by atoms with Gasteiger partial charge in [-0.3, -0.25) is 4.79 Å². The number of aliphatic hydroxyl groups is 1. The third-order valence-electron chi connectivity index (χ3n) is 9.63. The second kappa shape index (κ2) is 7.35. The lowest BCUT2D eigenvalue weighted by Crippen LogP contribution is -2.53. The molecule has 1 N–H and O–H groups in total. The van der Waals surface area contributed by atoms with Crippen molar-refractivity contribution in [3.8, 4) is 0 Å². The van der Waals surface area contributed by atoms with E-state index in [0.29, 0.717) is 30.2 Å². The molecule has 0 spiro atoms. The summed E-state index contributed by atoms with van der Waals surface area (Å²) in [7, 11) is 0. The van der Waals surface area contributed by atoms with E-state index < -0.39 is 12.0 Å². The summed E-state index contributed by atoms with van der Waals surface area (Å²) in [4.78, 5) is 13.1. The maximum absolute atomic E-state index is 13.4. The number of hydrogen-bond donors (Lipinski definition) is 1. The molecule has 0 amide bonds. The SMILES string of the molecule is C[C@]12CCC3C(CC[C@H]4C[C@@](O)(C(F)F)CC[C@H]34)C1CC[C@@H]2C(=O)Cn1ccnn1. The molecule has 4 aliphatic carbocycles. The van der Waals surface area contributed by atoms with Gasteiger partial charge in [-0.05, 0) is 92.8 Å². The van der Waals surface area contributed by atoms with Gasteiger partial charge in [0.15, 0.2) is 5.78 Å². The fourth-order valence-corrected chi connectivity index (χ4v) is 8.22. The van der Waals surface area contributed by atoms with Crippen LogP contribution in [0.15, 0.2) is 12.4 Å². The monoisotopic (exact) mass is 421 g/mol. The number of alkyl halides is 2. The minimum Gasteiger partial charge on any atom is -0.384 e. The van der Waals surface area contributed by atoms with Gasteiger partial charge >= 0.3 is 0 Å². The molecule has 8 atom stereocenters. The molecule has 0 bridgehead atoms. The Balaban J connectivity index is 1.30. The molecule has 4 saturated carbocycles. The van der Waals surface area contributed by atoms with Crippen LogP contribution >= 0.6 is 0 Å². The van der Waals surface area contributed by atoms with Gasteiger partial charge in [0.05, 0.1) is 6.20 Å². The largest absolute Gasteiger partial charge is 0.384 e. The molecule has 4 fully saturated rings. The van der Waals surface area contributed by atoms with E-state index in [1.165, 1.54) is 0 Å². The van der Waals surface area contributed by atoms with Gasteiger partial charge in [-0.25, -0.2) is 13.5 Å². The molecule has 166 valence electrons. The summed E-state index contributed by atoms with van der Waals surface area (Å²) >= 11 is 0. The fourth-order valence-electron chi connectivity index (χ4n) is 8.22. The number of carbonyl (C=O) groups excluding carboxylic acids is 1. The van der Waals surface area contributed by atoms with Gasteiger partial charge in [0, 0.05) is 12.1 Å². The van der Waals surface area contributed by atoms with Crippen LogP contribution in [0.2, 0.25) is 0 Å². The van der Waals surface area contributed by atoms with Crippen molar-refractivity contribution in [2.75, 3.05) is 0 Å². The van der Waals surface area contributed by atoms with Crippen LogP contribution in [0, 0.1) is 40.9 Å². The molecule has 1 aromatic rings. The van der Waals surface area contributed by atoms with E-state index in [2.05, 4.69) is 17.2 Å². The minimum atomic E-state index is -2.64. The summed E-state index contributed by atoms with van der Waals surface area (Å²) in [5, 5.41) is 18.1. The Kier molecular flexibility index (Phi) is 5.03. The lowest BCUT2D eigenvalue weighted by molar-refractivity contribution is -0.160. The molecule has 0 saturated heterocycles. The molecule has 1 aromatic heterocycles. The number of Topliss-reactive ketones (excluding diaryl/α,β-unsaturated/α-hetero) is 1. The van der Waals surface area contributed by atoms with E-state index in [4.69, 9.17) is 0 Å².